The van der Waals surface area contributed by atoms with E-state index >= 15 is 0 Å². The van der Waals surface area contributed by atoms with Crippen LogP contribution in [0.1, 0.15) is 17.2 Å². The number of hydrogen-bond acceptors (Lipinski definition) is 4. The third-order valence-electron chi connectivity index (χ3n) is 3.82. The van der Waals surface area contributed by atoms with Gasteiger partial charge in [-0.05, 0) is 46.2 Å². The Kier molecular flexibility index (Phi) is 7.16. The standard InChI is InChI=1S/C16H16BrF3N2OS.ClH/c17-13-7-12(8-14(9-13)23-16(18,19)20)15(11-1-6-24-10-11)22-4-2-21-3-5-22;/h1,6-10,15,21H,2-5H2;1H/t15-;/m1./s1. The maximum Gasteiger partial charge on any atom is 0.573 e. The number of piperazine rings is 1. The largest absolute Gasteiger partial charge is 0.573 e. The molecule has 1 saturated heterocycles. The Hall–Kier alpha value is -0.800. The van der Waals surface area contributed by atoms with E-state index in [1.807, 2.05) is 22.9 Å². The van der Waals surface area contributed by atoms with Gasteiger partial charge in [-0.15, -0.1) is 25.6 Å². The normalized spacial score (nSPS) is 17.0. The molecule has 2 heterocycles. The second kappa shape index (κ2) is 8.73. The number of ether oxygens (including phenoxy) is 1. The molecule has 3 rings (SSSR count). The molecular weight excluding hydrogens is 441 g/mol. The van der Waals surface area contributed by atoms with Gasteiger partial charge in [-0.3, -0.25) is 4.90 Å². The summed E-state index contributed by atoms with van der Waals surface area (Å²) in [4.78, 5) is 2.28. The van der Waals surface area contributed by atoms with Crippen LogP contribution in [0.5, 0.6) is 5.75 Å². The van der Waals surface area contributed by atoms with Crippen LogP contribution in [-0.2, 0) is 0 Å². The van der Waals surface area contributed by atoms with Crippen molar-refractivity contribution in [2.24, 2.45) is 0 Å². The predicted octanol–water partition coefficient (Wildman–Crippen LogP) is 4.83. The molecule has 0 radical (unpaired) electrons. The topological polar surface area (TPSA) is 24.5 Å². The van der Waals surface area contributed by atoms with Gasteiger partial charge in [-0.2, -0.15) is 11.3 Å². The summed E-state index contributed by atoms with van der Waals surface area (Å²) in [5.41, 5.74) is 1.86. The third kappa shape index (κ3) is 5.59. The van der Waals surface area contributed by atoms with E-state index in [1.165, 1.54) is 12.1 Å². The summed E-state index contributed by atoms with van der Waals surface area (Å²) >= 11 is 4.88. The Morgan fingerprint density at radius 1 is 1.16 bits per heavy atom. The highest BCUT2D eigenvalue weighted by Crippen LogP contribution is 2.35. The van der Waals surface area contributed by atoms with Crippen molar-refractivity contribution in [3.05, 3.63) is 50.6 Å². The van der Waals surface area contributed by atoms with Crippen molar-refractivity contribution in [2.75, 3.05) is 26.2 Å². The summed E-state index contributed by atoms with van der Waals surface area (Å²) in [6, 6.07) is 6.59. The van der Waals surface area contributed by atoms with Crippen molar-refractivity contribution in [3.8, 4) is 5.75 Å². The van der Waals surface area contributed by atoms with Crippen LogP contribution in [0.2, 0.25) is 0 Å². The average molecular weight is 458 g/mol. The number of benzene rings is 1. The lowest BCUT2D eigenvalue weighted by atomic mass is 9.98. The molecule has 1 atom stereocenters. The first-order chi connectivity index (χ1) is 11.4. The summed E-state index contributed by atoms with van der Waals surface area (Å²) in [7, 11) is 0. The van der Waals surface area contributed by atoms with Crippen LogP contribution >= 0.6 is 39.7 Å². The molecule has 138 valence electrons. The number of alkyl halides is 3. The lowest BCUT2D eigenvalue weighted by Crippen LogP contribution is -2.45. The zero-order valence-electron chi connectivity index (χ0n) is 13.1. The number of nitrogens with one attached hydrogen (secondary N) is 1. The average Bonchev–Trinajstić information content (AvgIpc) is 3.00. The highest BCUT2D eigenvalue weighted by atomic mass is 79.9. The molecule has 1 N–H and O–H groups in total. The first kappa shape index (κ1) is 20.5. The second-order valence-electron chi connectivity index (χ2n) is 5.51. The monoisotopic (exact) mass is 456 g/mol. The molecule has 25 heavy (non-hydrogen) atoms. The zero-order chi connectivity index (χ0) is 17.2. The van der Waals surface area contributed by atoms with E-state index in [-0.39, 0.29) is 24.2 Å². The zero-order valence-corrected chi connectivity index (χ0v) is 16.3. The summed E-state index contributed by atoms with van der Waals surface area (Å²) in [5.74, 6) is -0.206. The minimum Gasteiger partial charge on any atom is -0.406 e. The van der Waals surface area contributed by atoms with Gasteiger partial charge >= 0.3 is 6.36 Å². The van der Waals surface area contributed by atoms with Crippen LogP contribution in [0.3, 0.4) is 0 Å². The highest BCUT2D eigenvalue weighted by molar-refractivity contribution is 9.10. The quantitative estimate of drug-likeness (QED) is 0.712. The number of rotatable bonds is 4. The lowest BCUT2D eigenvalue weighted by Gasteiger charge is -2.35. The smallest absolute Gasteiger partial charge is 0.406 e. The predicted molar refractivity (Wildman–Crippen MR) is 98.7 cm³/mol. The van der Waals surface area contributed by atoms with Crippen LogP contribution in [-0.4, -0.2) is 37.4 Å². The van der Waals surface area contributed by atoms with Crippen molar-refractivity contribution in [1.82, 2.24) is 10.2 Å². The van der Waals surface area contributed by atoms with Gasteiger partial charge in [-0.1, -0.05) is 15.9 Å². The Morgan fingerprint density at radius 3 is 2.48 bits per heavy atom. The molecule has 0 saturated carbocycles. The molecule has 0 spiro atoms. The van der Waals surface area contributed by atoms with Gasteiger partial charge in [-0.25, -0.2) is 0 Å². The van der Waals surface area contributed by atoms with Gasteiger partial charge in [0.15, 0.2) is 0 Å². The van der Waals surface area contributed by atoms with Crippen molar-refractivity contribution in [2.45, 2.75) is 12.4 Å². The van der Waals surface area contributed by atoms with Crippen LogP contribution in [0.25, 0.3) is 0 Å². The van der Waals surface area contributed by atoms with Crippen molar-refractivity contribution in [3.63, 3.8) is 0 Å². The summed E-state index contributed by atoms with van der Waals surface area (Å²) in [6.07, 6.45) is -4.70. The molecule has 1 aliphatic rings. The molecule has 0 bridgehead atoms. The number of halogens is 5. The Labute approximate surface area is 162 Å². The first-order valence-corrected chi connectivity index (χ1v) is 9.19. The van der Waals surface area contributed by atoms with E-state index in [0.717, 1.165) is 37.3 Å². The van der Waals surface area contributed by atoms with Gasteiger partial charge in [0.05, 0.1) is 6.04 Å². The number of hydrogen-bond donors (Lipinski definition) is 1. The molecule has 9 heteroatoms. The molecule has 3 nitrogen and oxygen atoms in total. The van der Waals surface area contributed by atoms with Crippen LogP contribution < -0.4 is 10.1 Å². The lowest BCUT2D eigenvalue weighted by molar-refractivity contribution is -0.274. The maximum absolute atomic E-state index is 12.6. The minimum atomic E-state index is -4.70. The van der Waals surface area contributed by atoms with Gasteiger partial charge in [0.2, 0.25) is 0 Å². The van der Waals surface area contributed by atoms with E-state index < -0.39 is 6.36 Å². The maximum atomic E-state index is 12.6. The summed E-state index contributed by atoms with van der Waals surface area (Å²) in [5, 5.41) is 7.32. The minimum absolute atomic E-state index is 0. The van der Waals surface area contributed by atoms with E-state index in [1.54, 1.807) is 11.3 Å². The number of nitrogens with zero attached hydrogens (tertiary/aromatic N) is 1. The van der Waals surface area contributed by atoms with Gasteiger partial charge in [0, 0.05) is 30.7 Å². The molecule has 0 aliphatic carbocycles. The fraction of sp³-hybridized carbons (Fsp3) is 0.375. The van der Waals surface area contributed by atoms with Gasteiger partial charge in [0.25, 0.3) is 0 Å². The third-order valence-corrected chi connectivity index (χ3v) is 4.98. The fourth-order valence-electron chi connectivity index (χ4n) is 2.92. The molecule has 0 unspecified atom stereocenters. The Bertz CT molecular complexity index is 679. The first-order valence-electron chi connectivity index (χ1n) is 7.45. The van der Waals surface area contributed by atoms with Crippen LogP contribution in [0.4, 0.5) is 13.2 Å². The molecule has 1 fully saturated rings. The molecule has 2 aromatic rings. The van der Waals surface area contributed by atoms with Gasteiger partial charge in [0.1, 0.15) is 5.75 Å². The van der Waals surface area contributed by atoms with E-state index in [0.29, 0.717) is 4.47 Å². The van der Waals surface area contributed by atoms with Crippen LogP contribution in [0, 0.1) is 0 Å². The SMILES string of the molecule is Cl.FC(F)(F)Oc1cc(Br)cc([C@@H](c2ccsc2)N2CCNCC2)c1. The Balaban J connectivity index is 0.00000225. The molecule has 1 aromatic heterocycles. The molecule has 1 aliphatic heterocycles. The molecule has 0 amide bonds. The van der Waals surface area contributed by atoms with E-state index in [9.17, 15) is 13.2 Å². The molecule has 1 aromatic carbocycles. The molecular formula is C16H17BrClF3N2OS. The fourth-order valence-corrected chi connectivity index (χ4v) is 4.09. The summed E-state index contributed by atoms with van der Waals surface area (Å²) in [6.45, 7) is 3.39. The Morgan fingerprint density at radius 2 is 1.88 bits per heavy atom. The van der Waals surface area contributed by atoms with Gasteiger partial charge < -0.3 is 10.1 Å². The van der Waals surface area contributed by atoms with Crippen molar-refractivity contribution < 1.29 is 17.9 Å². The van der Waals surface area contributed by atoms with Crippen molar-refractivity contribution in [1.29, 1.82) is 0 Å². The van der Waals surface area contributed by atoms with E-state index in [2.05, 4.69) is 30.9 Å². The second-order valence-corrected chi connectivity index (χ2v) is 7.21. The van der Waals surface area contributed by atoms with E-state index in [4.69, 9.17) is 0 Å². The van der Waals surface area contributed by atoms with Crippen LogP contribution in [0.15, 0.2) is 39.5 Å². The van der Waals surface area contributed by atoms with Crippen molar-refractivity contribution >= 4 is 39.7 Å². The highest BCUT2D eigenvalue weighted by Gasteiger charge is 2.32. The number of thiophene rings is 1. The summed E-state index contributed by atoms with van der Waals surface area (Å²) < 4.78 is 42.4.